The maximum atomic E-state index is 12.4. The van der Waals surface area contributed by atoms with Crippen LogP contribution < -0.4 is 5.32 Å². The van der Waals surface area contributed by atoms with E-state index in [1.807, 2.05) is 24.3 Å². The number of carbonyl (C=O) groups is 1. The zero-order chi connectivity index (χ0) is 15.0. The van der Waals surface area contributed by atoms with Gasteiger partial charge in [0.1, 0.15) is 5.54 Å². The largest absolute Gasteiger partial charge is 0.467 e. The third-order valence-electron chi connectivity index (χ3n) is 4.46. The average Bonchev–Trinajstić information content (AvgIpc) is 3.23. The number of methoxy groups -OCH3 is 1. The topological polar surface area (TPSA) is 41.6 Å². The maximum absolute atomic E-state index is 12.4. The highest BCUT2D eigenvalue weighted by Crippen LogP contribution is 2.39. The average molecular weight is 353 g/mol. The van der Waals surface area contributed by atoms with Crippen LogP contribution in [-0.2, 0) is 9.53 Å². The van der Waals surface area contributed by atoms with E-state index >= 15 is 0 Å². The summed E-state index contributed by atoms with van der Waals surface area (Å²) in [5, 5.41) is 3.44. The van der Waals surface area contributed by atoms with Gasteiger partial charge in [-0.15, -0.1) is 0 Å². The van der Waals surface area contributed by atoms with Crippen LogP contribution in [0.5, 0.6) is 0 Å². The molecule has 4 nitrogen and oxygen atoms in total. The molecule has 0 radical (unpaired) electrons. The predicted molar refractivity (Wildman–Crippen MR) is 86.3 cm³/mol. The fourth-order valence-corrected chi connectivity index (χ4v) is 3.78. The number of benzene rings is 1. The van der Waals surface area contributed by atoms with Crippen LogP contribution in [0.25, 0.3) is 0 Å². The zero-order valence-corrected chi connectivity index (χ0v) is 14.0. The van der Waals surface area contributed by atoms with Crippen LogP contribution in [-0.4, -0.2) is 42.1 Å². The molecule has 1 aliphatic heterocycles. The standard InChI is InChI=1S/C16H21BrN2O2/c1-11-9-16(15(20)21-2,10-19(11)14-6-7-14)18-13-5-3-4-12(17)8-13/h3-5,8,11,14,18H,6-7,9-10H2,1-2H3. The first-order chi connectivity index (χ1) is 10.0. The molecule has 1 aromatic carbocycles. The van der Waals surface area contributed by atoms with Gasteiger partial charge in [-0.25, -0.2) is 4.79 Å². The molecular formula is C16H21BrN2O2. The zero-order valence-electron chi connectivity index (χ0n) is 12.4. The second-order valence-electron chi connectivity index (χ2n) is 6.17. The van der Waals surface area contributed by atoms with Crippen LogP contribution in [0.4, 0.5) is 5.69 Å². The van der Waals surface area contributed by atoms with Crippen molar-refractivity contribution >= 4 is 27.6 Å². The highest BCUT2D eigenvalue weighted by atomic mass is 79.9. The number of nitrogens with one attached hydrogen (secondary N) is 1. The van der Waals surface area contributed by atoms with E-state index < -0.39 is 5.54 Å². The lowest BCUT2D eigenvalue weighted by molar-refractivity contribution is -0.145. The van der Waals surface area contributed by atoms with Crippen LogP contribution in [0.15, 0.2) is 28.7 Å². The summed E-state index contributed by atoms with van der Waals surface area (Å²) < 4.78 is 6.09. The van der Waals surface area contributed by atoms with Crippen LogP contribution in [0.2, 0.25) is 0 Å². The Morgan fingerprint density at radius 3 is 2.86 bits per heavy atom. The van der Waals surface area contributed by atoms with E-state index in [1.54, 1.807) is 0 Å². The number of esters is 1. The van der Waals surface area contributed by atoms with Crippen LogP contribution >= 0.6 is 15.9 Å². The molecule has 1 saturated heterocycles. The summed E-state index contributed by atoms with van der Waals surface area (Å²) in [6.07, 6.45) is 3.28. The highest BCUT2D eigenvalue weighted by molar-refractivity contribution is 9.10. The summed E-state index contributed by atoms with van der Waals surface area (Å²) >= 11 is 3.47. The minimum atomic E-state index is -0.641. The van der Waals surface area contributed by atoms with E-state index in [2.05, 4.69) is 33.1 Å². The molecule has 0 amide bonds. The lowest BCUT2D eigenvalue weighted by Crippen LogP contribution is -2.49. The molecule has 2 aliphatic rings. The molecule has 0 spiro atoms. The van der Waals surface area contributed by atoms with E-state index in [0.717, 1.165) is 23.1 Å². The number of rotatable bonds is 4. The Hall–Kier alpha value is -1.07. The van der Waals surface area contributed by atoms with Gasteiger partial charge in [0.2, 0.25) is 0 Å². The summed E-state index contributed by atoms with van der Waals surface area (Å²) in [7, 11) is 1.47. The fraction of sp³-hybridized carbons (Fsp3) is 0.562. The summed E-state index contributed by atoms with van der Waals surface area (Å²) in [5.74, 6) is -0.169. The lowest BCUT2D eigenvalue weighted by atomic mass is 9.95. The monoisotopic (exact) mass is 352 g/mol. The minimum Gasteiger partial charge on any atom is -0.467 e. The number of nitrogens with zero attached hydrogens (tertiary/aromatic N) is 1. The van der Waals surface area contributed by atoms with Crippen LogP contribution in [0.3, 0.4) is 0 Å². The van der Waals surface area contributed by atoms with Crippen molar-refractivity contribution in [2.24, 2.45) is 0 Å². The molecule has 114 valence electrons. The second kappa shape index (κ2) is 5.61. The molecule has 5 heteroatoms. The number of ether oxygens (including phenoxy) is 1. The second-order valence-corrected chi connectivity index (χ2v) is 7.08. The number of hydrogen-bond acceptors (Lipinski definition) is 4. The van der Waals surface area contributed by atoms with Gasteiger partial charge in [-0.1, -0.05) is 22.0 Å². The molecule has 21 heavy (non-hydrogen) atoms. The minimum absolute atomic E-state index is 0.169. The van der Waals surface area contributed by atoms with E-state index in [4.69, 9.17) is 4.74 Å². The van der Waals surface area contributed by atoms with Gasteiger partial charge in [-0.05, 0) is 44.4 Å². The van der Waals surface area contributed by atoms with Gasteiger partial charge in [0.15, 0.2) is 0 Å². The SMILES string of the molecule is COC(=O)C1(Nc2cccc(Br)c2)CC(C)N(C2CC2)C1. The molecule has 2 unspecified atom stereocenters. The Morgan fingerprint density at radius 2 is 2.24 bits per heavy atom. The van der Waals surface area contributed by atoms with Gasteiger partial charge in [-0.2, -0.15) is 0 Å². The molecule has 3 rings (SSSR count). The summed E-state index contributed by atoms with van der Waals surface area (Å²) in [6, 6.07) is 8.97. The van der Waals surface area contributed by atoms with Crippen LogP contribution in [0, 0.1) is 0 Å². The predicted octanol–water partition coefficient (Wildman–Crippen LogP) is 3.03. The van der Waals surface area contributed by atoms with Gasteiger partial charge in [-0.3, -0.25) is 4.90 Å². The Labute approximate surface area is 134 Å². The molecule has 0 bridgehead atoms. The number of halogens is 1. The van der Waals surface area contributed by atoms with Gasteiger partial charge in [0.25, 0.3) is 0 Å². The van der Waals surface area contributed by atoms with Crippen molar-refractivity contribution in [3.63, 3.8) is 0 Å². The van der Waals surface area contributed by atoms with E-state index in [-0.39, 0.29) is 5.97 Å². The Morgan fingerprint density at radius 1 is 1.48 bits per heavy atom. The van der Waals surface area contributed by atoms with Crippen molar-refractivity contribution < 1.29 is 9.53 Å². The summed E-state index contributed by atoms with van der Waals surface area (Å²) in [5.41, 5.74) is 0.303. The number of likely N-dealkylation sites (tertiary alicyclic amines) is 1. The third kappa shape index (κ3) is 2.94. The molecular weight excluding hydrogens is 332 g/mol. The molecule has 2 atom stereocenters. The van der Waals surface area contributed by atoms with Crippen molar-refractivity contribution in [3.05, 3.63) is 28.7 Å². The number of hydrogen-bond donors (Lipinski definition) is 1. The van der Waals surface area contributed by atoms with Gasteiger partial charge in [0.05, 0.1) is 7.11 Å². The highest BCUT2D eigenvalue weighted by Gasteiger charge is 2.52. The Kier molecular flexibility index (Phi) is 3.97. The van der Waals surface area contributed by atoms with Crippen molar-refractivity contribution in [3.8, 4) is 0 Å². The molecule has 1 heterocycles. The van der Waals surface area contributed by atoms with E-state index in [0.29, 0.717) is 12.1 Å². The summed E-state index contributed by atoms with van der Waals surface area (Å²) in [4.78, 5) is 14.9. The molecule has 2 fully saturated rings. The van der Waals surface area contributed by atoms with Gasteiger partial charge in [0, 0.05) is 28.8 Å². The van der Waals surface area contributed by atoms with E-state index in [9.17, 15) is 4.79 Å². The molecule has 0 aromatic heterocycles. The van der Waals surface area contributed by atoms with Gasteiger partial charge < -0.3 is 10.1 Å². The first-order valence-corrected chi connectivity index (χ1v) is 8.21. The number of anilines is 1. The molecule has 1 saturated carbocycles. The van der Waals surface area contributed by atoms with Crippen molar-refractivity contribution in [1.82, 2.24) is 4.90 Å². The normalized spacial score (nSPS) is 29.4. The summed E-state index contributed by atoms with van der Waals surface area (Å²) in [6.45, 7) is 2.92. The van der Waals surface area contributed by atoms with Crippen molar-refractivity contribution in [2.45, 2.75) is 43.8 Å². The van der Waals surface area contributed by atoms with Gasteiger partial charge >= 0.3 is 5.97 Å². The maximum Gasteiger partial charge on any atom is 0.332 e. The first-order valence-electron chi connectivity index (χ1n) is 7.42. The quantitative estimate of drug-likeness (QED) is 0.845. The Balaban J connectivity index is 1.86. The Bertz CT molecular complexity index is 547. The molecule has 1 aromatic rings. The lowest BCUT2D eigenvalue weighted by Gasteiger charge is -2.29. The fourth-order valence-electron chi connectivity index (χ4n) is 3.38. The molecule has 1 aliphatic carbocycles. The third-order valence-corrected chi connectivity index (χ3v) is 4.96. The smallest absolute Gasteiger partial charge is 0.332 e. The van der Waals surface area contributed by atoms with Crippen molar-refractivity contribution in [2.75, 3.05) is 19.0 Å². The molecule has 1 N–H and O–H groups in total. The first kappa shape index (κ1) is 14.9. The van der Waals surface area contributed by atoms with E-state index in [1.165, 1.54) is 20.0 Å². The van der Waals surface area contributed by atoms with Crippen molar-refractivity contribution in [1.29, 1.82) is 0 Å². The number of carbonyl (C=O) groups excluding carboxylic acids is 1. The van der Waals surface area contributed by atoms with Crippen LogP contribution in [0.1, 0.15) is 26.2 Å².